The summed E-state index contributed by atoms with van der Waals surface area (Å²) < 4.78 is 7.43. The minimum atomic E-state index is -0.310. The van der Waals surface area contributed by atoms with Crippen molar-refractivity contribution in [2.24, 2.45) is 13.0 Å². The molecular weight excluding hydrogens is 302 g/mol. The molecule has 0 spiro atoms. The molecule has 0 radical (unpaired) electrons. The Bertz CT molecular complexity index is 689. The van der Waals surface area contributed by atoms with Crippen molar-refractivity contribution in [3.05, 3.63) is 48.0 Å². The van der Waals surface area contributed by atoms with E-state index in [0.29, 0.717) is 12.3 Å². The number of aryl methyl sites for hydroxylation is 1. The summed E-state index contributed by atoms with van der Waals surface area (Å²) in [4.78, 5) is 17.0. The first kappa shape index (κ1) is 16.6. The van der Waals surface area contributed by atoms with Crippen molar-refractivity contribution < 1.29 is 9.53 Å². The van der Waals surface area contributed by atoms with Crippen LogP contribution in [0.15, 0.2) is 36.7 Å². The highest BCUT2D eigenvalue weighted by Gasteiger charge is 2.25. The molecule has 1 N–H and O–H groups in total. The molecule has 1 saturated carbocycles. The summed E-state index contributed by atoms with van der Waals surface area (Å²) in [5, 5.41) is 3.18. The summed E-state index contributed by atoms with van der Waals surface area (Å²) in [6, 6.07) is 7.47. The molecule has 5 nitrogen and oxygen atoms in total. The van der Waals surface area contributed by atoms with E-state index in [1.807, 2.05) is 42.1 Å². The number of rotatable bonds is 6. The SMILES string of the molecule is COc1ccccc1[C@H](NC(=O)CC1CCCC1)c1nccn1C. The van der Waals surface area contributed by atoms with E-state index in [1.54, 1.807) is 13.3 Å². The number of hydrogen-bond donors (Lipinski definition) is 1. The molecule has 1 amide bonds. The van der Waals surface area contributed by atoms with E-state index in [9.17, 15) is 4.79 Å². The van der Waals surface area contributed by atoms with Crippen LogP contribution in [0, 0.1) is 5.92 Å². The van der Waals surface area contributed by atoms with Crippen LogP contribution in [0.1, 0.15) is 49.5 Å². The topological polar surface area (TPSA) is 56.1 Å². The fourth-order valence-corrected chi connectivity index (χ4v) is 3.54. The van der Waals surface area contributed by atoms with Crippen molar-refractivity contribution in [3.8, 4) is 5.75 Å². The zero-order valence-corrected chi connectivity index (χ0v) is 14.4. The maximum Gasteiger partial charge on any atom is 0.221 e. The fourth-order valence-electron chi connectivity index (χ4n) is 3.54. The van der Waals surface area contributed by atoms with Gasteiger partial charge in [-0.1, -0.05) is 31.0 Å². The number of amides is 1. The van der Waals surface area contributed by atoms with Crippen molar-refractivity contribution in [1.29, 1.82) is 0 Å². The summed E-state index contributed by atoms with van der Waals surface area (Å²) in [6.45, 7) is 0. The van der Waals surface area contributed by atoms with E-state index in [1.165, 1.54) is 12.8 Å². The average Bonchev–Trinajstić information content (AvgIpc) is 3.24. The first-order valence-electron chi connectivity index (χ1n) is 8.58. The highest BCUT2D eigenvalue weighted by atomic mass is 16.5. The van der Waals surface area contributed by atoms with Gasteiger partial charge in [-0.3, -0.25) is 4.79 Å². The Hall–Kier alpha value is -2.30. The highest BCUT2D eigenvalue weighted by Crippen LogP contribution is 2.31. The molecule has 0 bridgehead atoms. The summed E-state index contributed by atoms with van der Waals surface area (Å²) in [6.07, 6.45) is 9.04. The number of carbonyl (C=O) groups excluding carboxylic acids is 1. The number of ether oxygens (including phenoxy) is 1. The second-order valence-electron chi connectivity index (χ2n) is 6.49. The minimum absolute atomic E-state index is 0.0841. The van der Waals surface area contributed by atoms with Gasteiger partial charge < -0.3 is 14.6 Å². The number of imidazole rings is 1. The molecule has 128 valence electrons. The lowest BCUT2D eigenvalue weighted by molar-refractivity contribution is -0.122. The molecule has 0 unspecified atom stereocenters. The Morgan fingerprint density at radius 1 is 1.38 bits per heavy atom. The number of nitrogens with one attached hydrogen (secondary N) is 1. The summed E-state index contributed by atoms with van der Waals surface area (Å²) >= 11 is 0. The number of hydrogen-bond acceptors (Lipinski definition) is 3. The molecule has 3 rings (SSSR count). The van der Waals surface area contributed by atoms with Crippen molar-refractivity contribution in [2.45, 2.75) is 38.1 Å². The molecule has 1 aliphatic rings. The molecule has 1 aliphatic carbocycles. The van der Waals surface area contributed by atoms with Gasteiger partial charge in [-0.25, -0.2) is 4.98 Å². The van der Waals surface area contributed by atoms with E-state index in [-0.39, 0.29) is 11.9 Å². The van der Waals surface area contributed by atoms with Gasteiger partial charge in [0.2, 0.25) is 5.91 Å². The molecule has 1 fully saturated rings. The zero-order chi connectivity index (χ0) is 16.9. The number of aromatic nitrogens is 2. The van der Waals surface area contributed by atoms with Gasteiger partial charge in [0.1, 0.15) is 17.6 Å². The molecule has 24 heavy (non-hydrogen) atoms. The third-order valence-corrected chi connectivity index (χ3v) is 4.82. The fraction of sp³-hybridized carbons (Fsp3) is 0.474. The molecule has 1 atom stereocenters. The van der Waals surface area contributed by atoms with E-state index in [0.717, 1.165) is 30.0 Å². The van der Waals surface area contributed by atoms with Crippen molar-refractivity contribution in [3.63, 3.8) is 0 Å². The third-order valence-electron chi connectivity index (χ3n) is 4.82. The predicted octanol–water partition coefficient (Wildman–Crippen LogP) is 3.21. The largest absolute Gasteiger partial charge is 0.496 e. The van der Waals surface area contributed by atoms with Crippen LogP contribution >= 0.6 is 0 Å². The van der Waals surface area contributed by atoms with Gasteiger partial charge in [-0.05, 0) is 24.8 Å². The number of carbonyl (C=O) groups is 1. The van der Waals surface area contributed by atoms with Crippen molar-refractivity contribution >= 4 is 5.91 Å². The average molecular weight is 327 g/mol. The summed E-state index contributed by atoms with van der Waals surface area (Å²) in [5.41, 5.74) is 0.925. The van der Waals surface area contributed by atoms with Crippen LogP contribution in [0.25, 0.3) is 0 Å². The van der Waals surface area contributed by atoms with Gasteiger partial charge in [0.05, 0.1) is 7.11 Å². The molecule has 1 heterocycles. The third kappa shape index (κ3) is 3.61. The Kier molecular flexibility index (Phi) is 5.18. The number of methoxy groups -OCH3 is 1. The first-order chi connectivity index (χ1) is 11.7. The quantitative estimate of drug-likeness (QED) is 0.886. The molecule has 1 aromatic heterocycles. The molecule has 1 aromatic carbocycles. The lowest BCUT2D eigenvalue weighted by Crippen LogP contribution is -2.32. The smallest absolute Gasteiger partial charge is 0.221 e. The van der Waals surface area contributed by atoms with Gasteiger partial charge in [-0.15, -0.1) is 0 Å². The van der Waals surface area contributed by atoms with Crippen LogP contribution in [0.3, 0.4) is 0 Å². The van der Waals surface area contributed by atoms with Crippen molar-refractivity contribution in [2.75, 3.05) is 7.11 Å². The molecule has 0 aliphatic heterocycles. The van der Waals surface area contributed by atoms with E-state index in [4.69, 9.17) is 4.74 Å². The van der Waals surface area contributed by atoms with E-state index >= 15 is 0 Å². The number of para-hydroxylation sites is 1. The van der Waals surface area contributed by atoms with Gasteiger partial charge in [0.15, 0.2) is 0 Å². The van der Waals surface area contributed by atoms with Crippen LogP contribution < -0.4 is 10.1 Å². The second kappa shape index (κ2) is 7.51. The summed E-state index contributed by atoms with van der Waals surface area (Å²) in [5.74, 6) is 2.16. The summed E-state index contributed by atoms with van der Waals surface area (Å²) in [7, 11) is 3.59. The molecular formula is C19H25N3O2. The van der Waals surface area contributed by atoms with E-state index < -0.39 is 0 Å². The highest BCUT2D eigenvalue weighted by molar-refractivity contribution is 5.77. The monoisotopic (exact) mass is 327 g/mol. The molecule has 2 aromatic rings. The van der Waals surface area contributed by atoms with E-state index in [2.05, 4.69) is 10.3 Å². The van der Waals surface area contributed by atoms with Crippen LogP contribution in [0.5, 0.6) is 5.75 Å². The molecule has 5 heteroatoms. The van der Waals surface area contributed by atoms with Gasteiger partial charge >= 0.3 is 0 Å². The first-order valence-corrected chi connectivity index (χ1v) is 8.58. The molecule has 0 saturated heterocycles. The Labute approximate surface area is 143 Å². The lowest BCUT2D eigenvalue weighted by Gasteiger charge is -2.22. The van der Waals surface area contributed by atoms with Gasteiger partial charge in [-0.2, -0.15) is 0 Å². The van der Waals surface area contributed by atoms with Crippen LogP contribution in [0.4, 0.5) is 0 Å². The maximum absolute atomic E-state index is 12.6. The predicted molar refractivity (Wildman–Crippen MR) is 92.8 cm³/mol. The maximum atomic E-state index is 12.6. The Morgan fingerprint density at radius 3 is 2.79 bits per heavy atom. The van der Waals surface area contributed by atoms with Gasteiger partial charge in [0, 0.05) is 31.4 Å². The van der Waals surface area contributed by atoms with Crippen LogP contribution in [-0.4, -0.2) is 22.6 Å². The second-order valence-corrected chi connectivity index (χ2v) is 6.49. The Morgan fingerprint density at radius 2 is 2.12 bits per heavy atom. The standard InChI is InChI=1S/C19H25N3O2/c1-22-12-11-20-19(22)18(15-9-5-6-10-16(15)24-2)21-17(23)13-14-7-3-4-8-14/h5-6,9-12,14,18H,3-4,7-8,13H2,1-2H3,(H,21,23)/t18-/m0/s1. The normalized spacial score (nSPS) is 16.1. The van der Waals surface area contributed by atoms with Crippen molar-refractivity contribution in [1.82, 2.24) is 14.9 Å². The van der Waals surface area contributed by atoms with Crippen LogP contribution in [-0.2, 0) is 11.8 Å². The Balaban J connectivity index is 1.85. The number of benzene rings is 1. The van der Waals surface area contributed by atoms with Crippen LogP contribution in [0.2, 0.25) is 0 Å². The van der Waals surface area contributed by atoms with Gasteiger partial charge in [0.25, 0.3) is 0 Å². The zero-order valence-electron chi connectivity index (χ0n) is 14.4. The minimum Gasteiger partial charge on any atom is -0.496 e. The number of nitrogens with zero attached hydrogens (tertiary/aromatic N) is 2. The lowest BCUT2D eigenvalue weighted by atomic mass is 10.0.